The normalized spacial score (nSPS) is 13.7. The third-order valence-electron chi connectivity index (χ3n) is 6.01. The third-order valence-corrected chi connectivity index (χ3v) is 6.95. The maximum Gasteiger partial charge on any atom is 0.255 e. The minimum Gasteiger partial charge on any atom is -0.339 e. The highest BCUT2D eigenvalue weighted by molar-refractivity contribution is 7.98. The molecule has 0 radical (unpaired) electrons. The number of likely N-dealkylation sites (tertiary alicyclic amines) is 1. The second-order valence-electron chi connectivity index (χ2n) is 8.40. The van der Waals surface area contributed by atoms with E-state index < -0.39 is 0 Å². The molecule has 2 amide bonds. The summed E-state index contributed by atoms with van der Waals surface area (Å²) in [6.45, 7) is 1.54. The second-order valence-corrected chi connectivity index (χ2v) is 9.36. The number of thioether (sulfide) groups is 1. The van der Waals surface area contributed by atoms with E-state index in [1.54, 1.807) is 23.9 Å². The Morgan fingerprint density at radius 3 is 2.44 bits per heavy atom. The highest BCUT2D eigenvalue weighted by Crippen LogP contribution is 2.24. The number of H-pyrrole nitrogens is 1. The first-order valence-corrected chi connectivity index (χ1v) is 12.5. The molecular weight excluding hydrogens is 444 g/mol. The van der Waals surface area contributed by atoms with E-state index in [2.05, 4.69) is 15.3 Å². The molecule has 0 saturated carbocycles. The van der Waals surface area contributed by atoms with E-state index in [-0.39, 0.29) is 11.8 Å². The zero-order valence-electron chi connectivity index (χ0n) is 18.8. The monoisotopic (exact) mass is 470 g/mol. The number of rotatable bonds is 6. The molecule has 0 unspecified atom stereocenters. The van der Waals surface area contributed by atoms with Crippen molar-refractivity contribution in [3.63, 3.8) is 0 Å². The van der Waals surface area contributed by atoms with Gasteiger partial charge in [0.05, 0.1) is 22.3 Å². The lowest BCUT2D eigenvalue weighted by Gasteiger charge is -2.27. The molecule has 1 fully saturated rings. The fraction of sp³-hybridized carbons (Fsp3) is 0.222. The number of piperidine rings is 1. The summed E-state index contributed by atoms with van der Waals surface area (Å²) in [5.74, 6) is 0.499. The molecular formula is C27H26N4O2S. The Morgan fingerprint density at radius 2 is 1.65 bits per heavy atom. The molecule has 0 spiro atoms. The van der Waals surface area contributed by atoms with E-state index in [9.17, 15) is 9.59 Å². The van der Waals surface area contributed by atoms with Crippen molar-refractivity contribution in [2.24, 2.45) is 0 Å². The number of fused-ring (bicyclic) bond motifs is 1. The van der Waals surface area contributed by atoms with Crippen LogP contribution < -0.4 is 5.32 Å². The van der Waals surface area contributed by atoms with Crippen LogP contribution in [0.4, 0.5) is 5.69 Å². The van der Waals surface area contributed by atoms with E-state index in [0.717, 1.165) is 59.9 Å². The molecule has 1 aromatic heterocycles. The smallest absolute Gasteiger partial charge is 0.255 e. The van der Waals surface area contributed by atoms with Crippen LogP contribution in [0.1, 0.15) is 45.5 Å². The highest BCUT2D eigenvalue weighted by atomic mass is 32.2. The number of anilines is 1. The fourth-order valence-corrected chi connectivity index (χ4v) is 4.98. The van der Waals surface area contributed by atoms with Crippen LogP contribution in [0.25, 0.3) is 11.0 Å². The van der Waals surface area contributed by atoms with E-state index in [1.165, 1.54) is 0 Å². The quantitative estimate of drug-likeness (QED) is 0.353. The van der Waals surface area contributed by atoms with Crippen LogP contribution in [0.5, 0.6) is 0 Å². The Hall–Kier alpha value is -3.58. The van der Waals surface area contributed by atoms with Gasteiger partial charge < -0.3 is 15.2 Å². The number of aromatic amines is 1. The van der Waals surface area contributed by atoms with Gasteiger partial charge in [0.1, 0.15) is 0 Å². The van der Waals surface area contributed by atoms with Gasteiger partial charge in [-0.1, -0.05) is 48.2 Å². The van der Waals surface area contributed by atoms with Crippen LogP contribution in [0.15, 0.2) is 78.0 Å². The molecule has 1 aliphatic rings. The Morgan fingerprint density at radius 1 is 0.912 bits per heavy atom. The summed E-state index contributed by atoms with van der Waals surface area (Å²) in [6.07, 6.45) is 3.22. The zero-order valence-corrected chi connectivity index (χ0v) is 19.6. The van der Waals surface area contributed by atoms with Crippen LogP contribution in [0.2, 0.25) is 0 Å². The van der Waals surface area contributed by atoms with Crippen molar-refractivity contribution in [3.8, 4) is 0 Å². The summed E-state index contributed by atoms with van der Waals surface area (Å²) in [4.78, 5) is 35.7. The Labute approximate surface area is 202 Å². The first-order chi connectivity index (χ1) is 16.7. The third kappa shape index (κ3) is 4.99. The first-order valence-electron chi connectivity index (χ1n) is 11.5. The maximum atomic E-state index is 13.0. The van der Waals surface area contributed by atoms with E-state index in [0.29, 0.717) is 16.8 Å². The number of hydrogen-bond donors (Lipinski definition) is 2. The second kappa shape index (κ2) is 10.1. The van der Waals surface area contributed by atoms with Crippen molar-refractivity contribution in [3.05, 3.63) is 89.5 Å². The standard InChI is InChI=1S/C27H26N4O2S/c32-25(28-22-9-3-2-8-21(22)26(33)31-16-6-1-7-17-31)20-14-12-19(13-15-20)18-34-27-29-23-10-4-5-11-24(23)30-27/h2-5,8-15H,1,6-7,16-18H2,(H,28,32)(H,29,30). The van der Waals surface area contributed by atoms with Gasteiger partial charge in [-0.05, 0) is 61.2 Å². The molecule has 2 heterocycles. The van der Waals surface area contributed by atoms with Crippen molar-refractivity contribution >= 4 is 40.3 Å². The van der Waals surface area contributed by atoms with Crippen LogP contribution in [-0.2, 0) is 5.75 Å². The van der Waals surface area contributed by atoms with Gasteiger partial charge in [0.2, 0.25) is 0 Å². The van der Waals surface area contributed by atoms with Crippen molar-refractivity contribution in [1.82, 2.24) is 14.9 Å². The van der Waals surface area contributed by atoms with Crippen molar-refractivity contribution < 1.29 is 9.59 Å². The summed E-state index contributed by atoms with van der Waals surface area (Å²) >= 11 is 1.63. The molecule has 1 aliphatic heterocycles. The van der Waals surface area contributed by atoms with Gasteiger partial charge in [-0.25, -0.2) is 4.98 Å². The molecule has 6 nitrogen and oxygen atoms in total. The molecule has 2 N–H and O–H groups in total. The topological polar surface area (TPSA) is 78.1 Å². The number of benzene rings is 3. The molecule has 0 atom stereocenters. The van der Waals surface area contributed by atoms with E-state index >= 15 is 0 Å². The van der Waals surface area contributed by atoms with Crippen molar-refractivity contribution in [2.75, 3.05) is 18.4 Å². The molecule has 0 bridgehead atoms. The number of carbonyl (C=O) groups is 2. The minimum absolute atomic E-state index is 0.0199. The molecule has 7 heteroatoms. The summed E-state index contributed by atoms with van der Waals surface area (Å²) in [5, 5.41) is 3.81. The van der Waals surface area contributed by atoms with Crippen LogP contribution in [0.3, 0.4) is 0 Å². The van der Waals surface area contributed by atoms with Crippen molar-refractivity contribution in [1.29, 1.82) is 0 Å². The van der Waals surface area contributed by atoms with Gasteiger partial charge >= 0.3 is 0 Å². The number of nitrogens with zero attached hydrogens (tertiary/aromatic N) is 2. The molecule has 172 valence electrons. The van der Waals surface area contributed by atoms with E-state index in [1.807, 2.05) is 65.6 Å². The Balaban J connectivity index is 1.23. The van der Waals surface area contributed by atoms with Gasteiger partial charge in [-0.15, -0.1) is 0 Å². The van der Waals surface area contributed by atoms with Crippen LogP contribution in [-0.4, -0.2) is 39.8 Å². The Kier molecular flexibility index (Phi) is 6.62. The van der Waals surface area contributed by atoms with Crippen molar-refractivity contribution in [2.45, 2.75) is 30.2 Å². The number of amides is 2. The lowest BCUT2D eigenvalue weighted by Crippen LogP contribution is -2.36. The number of carbonyl (C=O) groups excluding carboxylic acids is 2. The molecule has 34 heavy (non-hydrogen) atoms. The molecule has 0 aliphatic carbocycles. The average molecular weight is 471 g/mol. The summed E-state index contributed by atoms with van der Waals surface area (Å²) in [5.41, 5.74) is 4.72. The van der Waals surface area contributed by atoms with Gasteiger partial charge in [0.15, 0.2) is 5.16 Å². The largest absolute Gasteiger partial charge is 0.339 e. The Bertz CT molecular complexity index is 1280. The summed E-state index contributed by atoms with van der Waals surface area (Å²) < 4.78 is 0. The lowest BCUT2D eigenvalue weighted by atomic mass is 10.1. The fourth-order valence-electron chi connectivity index (χ4n) is 4.14. The zero-order chi connectivity index (χ0) is 23.3. The highest BCUT2D eigenvalue weighted by Gasteiger charge is 2.21. The number of imidazole rings is 1. The number of hydrogen-bond acceptors (Lipinski definition) is 4. The number of aromatic nitrogens is 2. The van der Waals surface area contributed by atoms with Gasteiger partial charge in [-0.3, -0.25) is 9.59 Å². The van der Waals surface area contributed by atoms with Gasteiger partial charge in [-0.2, -0.15) is 0 Å². The predicted molar refractivity (Wildman–Crippen MR) is 136 cm³/mol. The SMILES string of the molecule is O=C(Nc1ccccc1C(=O)N1CCCCC1)c1ccc(CSc2nc3ccccc3[nH]2)cc1. The van der Waals surface area contributed by atoms with E-state index in [4.69, 9.17) is 0 Å². The number of para-hydroxylation sites is 3. The van der Waals surface area contributed by atoms with Gasteiger partial charge in [0.25, 0.3) is 11.8 Å². The molecule has 4 aromatic rings. The first kappa shape index (κ1) is 22.2. The molecule has 3 aromatic carbocycles. The lowest BCUT2D eigenvalue weighted by molar-refractivity contribution is 0.0725. The average Bonchev–Trinajstić information content (AvgIpc) is 3.31. The maximum absolute atomic E-state index is 13.0. The minimum atomic E-state index is -0.226. The molecule has 1 saturated heterocycles. The summed E-state index contributed by atoms with van der Waals surface area (Å²) in [6, 6.07) is 22.7. The van der Waals surface area contributed by atoms with Crippen LogP contribution in [0, 0.1) is 0 Å². The number of nitrogens with one attached hydrogen (secondary N) is 2. The molecule has 5 rings (SSSR count). The summed E-state index contributed by atoms with van der Waals surface area (Å²) in [7, 11) is 0. The predicted octanol–water partition coefficient (Wildman–Crippen LogP) is 5.73. The van der Waals surface area contributed by atoms with Gasteiger partial charge in [0, 0.05) is 24.4 Å². The van der Waals surface area contributed by atoms with Crippen LogP contribution >= 0.6 is 11.8 Å².